The third-order valence-corrected chi connectivity index (χ3v) is 5.55. The number of benzene rings is 2. The Morgan fingerprint density at radius 1 is 1.13 bits per heavy atom. The van der Waals surface area contributed by atoms with Crippen LogP contribution in [0.15, 0.2) is 41.3 Å². The lowest BCUT2D eigenvalue weighted by molar-refractivity contribution is -0.384. The molecule has 0 atom stereocenters. The van der Waals surface area contributed by atoms with Crippen molar-refractivity contribution in [1.82, 2.24) is 4.72 Å². The summed E-state index contributed by atoms with van der Waals surface area (Å²) in [6.45, 7) is 3.24. The normalized spacial score (nSPS) is 11.0. The monoisotopic (exact) mass is 437 g/mol. The summed E-state index contributed by atoms with van der Waals surface area (Å²) in [4.78, 5) is 21.9. The molecule has 0 saturated carbocycles. The number of anilines is 1. The van der Waals surface area contributed by atoms with Crippen molar-refractivity contribution in [3.05, 3.63) is 57.6 Å². The summed E-state index contributed by atoms with van der Waals surface area (Å²) in [5, 5.41) is 13.7. The first-order valence-electron chi connectivity index (χ1n) is 8.96. The topological polar surface area (TPSA) is 137 Å². The number of nitrogens with zero attached hydrogens (tertiary/aromatic N) is 1. The van der Waals surface area contributed by atoms with Crippen molar-refractivity contribution >= 4 is 27.4 Å². The fourth-order valence-electron chi connectivity index (χ4n) is 2.66. The van der Waals surface area contributed by atoms with Crippen molar-refractivity contribution in [3.63, 3.8) is 0 Å². The molecule has 0 spiro atoms. The number of carbonyl (C=O) groups is 1. The van der Waals surface area contributed by atoms with Crippen molar-refractivity contribution in [2.75, 3.05) is 32.1 Å². The molecule has 0 aliphatic carbocycles. The average molecular weight is 437 g/mol. The van der Waals surface area contributed by atoms with Crippen LogP contribution < -0.4 is 14.8 Å². The molecule has 2 N–H and O–H groups in total. The molecule has 0 fully saturated rings. The maximum absolute atomic E-state index is 12.3. The summed E-state index contributed by atoms with van der Waals surface area (Å²) in [5.74, 6) is -0.0918. The van der Waals surface area contributed by atoms with Gasteiger partial charge in [-0.25, -0.2) is 8.42 Å². The Balaban J connectivity index is 1.88. The number of nitrogens with one attached hydrogen (secondary N) is 2. The van der Waals surface area contributed by atoms with Crippen molar-refractivity contribution in [2.45, 2.75) is 18.7 Å². The van der Waals surface area contributed by atoms with Crippen LogP contribution in [0.3, 0.4) is 0 Å². The van der Waals surface area contributed by atoms with Gasteiger partial charge in [0.25, 0.3) is 5.69 Å². The third-order valence-electron chi connectivity index (χ3n) is 4.15. The molecule has 30 heavy (non-hydrogen) atoms. The molecule has 0 bridgehead atoms. The maximum Gasteiger partial charge on any atom is 0.321 e. The molecule has 11 heteroatoms. The number of para-hydroxylation sites is 1. The van der Waals surface area contributed by atoms with Crippen LogP contribution in [0.2, 0.25) is 0 Å². The molecule has 2 aromatic rings. The van der Waals surface area contributed by atoms with Crippen LogP contribution in [0, 0.1) is 24.0 Å². The number of carbonyl (C=O) groups excluding carboxylic acids is 1. The zero-order valence-corrected chi connectivity index (χ0v) is 17.6. The summed E-state index contributed by atoms with van der Waals surface area (Å²) in [6, 6.07) is 9.09. The molecule has 0 saturated heterocycles. The molecule has 2 rings (SSSR count). The molecule has 2 aromatic carbocycles. The second-order valence-corrected chi connectivity index (χ2v) is 8.07. The van der Waals surface area contributed by atoms with E-state index in [0.717, 1.165) is 17.2 Å². The predicted molar refractivity (Wildman–Crippen MR) is 110 cm³/mol. The zero-order chi connectivity index (χ0) is 22.3. The summed E-state index contributed by atoms with van der Waals surface area (Å²) in [7, 11) is -2.65. The number of hydrogen-bond donors (Lipinski definition) is 2. The number of nitro groups is 1. The predicted octanol–water partition coefficient (Wildman–Crippen LogP) is 2.15. The first kappa shape index (κ1) is 23.1. The van der Waals surface area contributed by atoms with Gasteiger partial charge in [0.05, 0.1) is 9.82 Å². The van der Waals surface area contributed by atoms with Crippen LogP contribution in [-0.2, 0) is 19.6 Å². The Morgan fingerprint density at radius 2 is 1.80 bits per heavy atom. The highest BCUT2D eigenvalue weighted by Crippen LogP contribution is 2.27. The lowest BCUT2D eigenvalue weighted by atomic mass is 10.1. The van der Waals surface area contributed by atoms with E-state index in [0.29, 0.717) is 5.75 Å². The van der Waals surface area contributed by atoms with Crippen molar-refractivity contribution in [2.24, 2.45) is 0 Å². The van der Waals surface area contributed by atoms with Crippen LogP contribution in [0.1, 0.15) is 11.1 Å². The van der Waals surface area contributed by atoms with E-state index >= 15 is 0 Å². The second-order valence-electron chi connectivity index (χ2n) is 6.30. The van der Waals surface area contributed by atoms with Gasteiger partial charge in [-0.1, -0.05) is 18.2 Å². The number of sulfonamides is 1. The zero-order valence-electron chi connectivity index (χ0n) is 16.8. The van der Waals surface area contributed by atoms with Gasteiger partial charge in [-0.15, -0.1) is 0 Å². The first-order chi connectivity index (χ1) is 14.2. The lowest BCUT2D eigenvalue weighted by Crippen LogP contribution is -2.31. The number of rotatable bonds is 10. The highest BCUT2D eigenvalue weighted by Gasteiger charge is 2.21. The fraction of sp³-hybridized carbons (Fsp3) is 0.316. The van der Waals surface area contributed by atoms with E-state index in [-0.39, 0.29) is 23.8 Å². The number of ether oxygens (including phenoxy) is 2. The van der Waals surface area contributed by atoms with Crippen LogP contribution in [0.5, 0.6) is 5.75 Å². The fourth-order valence-corrected chi connectivity index (χ4v) is 3.64. The Labute approximate surface area is 174 Å². The van der Waals surface area contributed by atoms with Crippen molar-refractivity contribution in [1.29, 1.82) is 0 Å². The molecule has 0 aliphatic heterocycles. The van der Waals surface area contributed by atoms with Gasteiger partial charge in [0.1, 0.15) is 31.2 Å². The van der Waals surface area contributed by atoms with Crippen LogP contribution in [-0.4, -0.2) is 46.1 Å². The Morgan fingerprint density at radius 3 is 2.40 bits per heavy atom. The number of nitro benzene ring substituents is 1. The minimum Gasteiger partial charge on any atom is -0.489 e. The molecular formula is C19H23N3O7S. The Kier molecular flexibility index (Phi) is 7.72. The summed E-state index contributed by atoms with van der Waals surface area (Å²) in [5.41, 5.74) is 1.67. The smallest absolute Gasteiger partial charge is 0.321 e. The van der Waals surface area contributed by atoms with Gasteiger partial charge in [0, 0.05) is 13.1 Å². The van der Waals surface area contributed by atoms with Crippen LogP contribution >= 0.6 is 0 Å². The first-order valence-corrected chi connectivity index (χ1v) is 10.4. The van der Waals surface area contributed by atoms with E-state index in [1.807, 2.05) is 32.0 Å². The van der Waals surface area contributed by atoms with E-state index < -0.39 is 33.1 Å². The van der Waals surface area contributed by atoms with Crippen molar-refractivity contribution < 1.29 is 27.6 Å². The number of hydrogen-bond acceptors (Lipinski definition) is 8. The molecule has 0 aromatic heterocycles. The van der Waals surface area contributed by atoms with Crippen LogP contribution in [0.4, 0.5) is 11.4 Å². The molecule has 162 valence electrons. The van der Waals surface area contributed by atoms with Crippen molar-refractivity contribution in [3.8, 4) is 5.75 Å². The highest BCUT2D eigenvalue weighted by atomic mass is 32.2. The van der Waals surface area contributed by atoms with Gasteiger partial charge >= 0.3 is 5.97 Å². The van der Waals surface area contributed by atoms with Gasteiger partial charge in [0.2, 0.25) is 10.0 Å². The van der Waals surface area contributed by atoms with Crippen LogP contribution in [0.25, 0.3) is 0 Å². The van der Waals surface area contributed by atoms with Gasteiger partial charge in [-0.2, -0.15) is 4.72 Å². The quantitative estimate of drug-likeness (QED) is 0.250. The lowest BCUT2D eigenvalue weighted by Gasteiger charge is -2.12. The molecular weight excluding hydrogens is 414 g/mol. The molecule has 0 unspecified atom stereocenters. The van der Waals surface area contributed by atoms with Gasteiger partial charge in [-0.3, -0.25) is 14.9 Å². The summed E-state index contributed by atoms with van der Waals surface area (Å²) in [6.07, 6.45) is 0. The molecule has 0 heterocycles. The molecule has 10 nitrogen and oxygen atoms in total. The summed E-state index contributed by atoms with van der Waals surface area (Å²) < 4.78 is 37.3. The minimum atomic E-state index is -4.14. The van der Waals surface area contributed by atoms with E-state index in [4.69, 9.17) is 9.47 Å². The Hall–Kier alpha value is -3.18. The largest absolute Gasteiger partial charge is 0.489 e. The molecule has 0 amide bonds. The van der Waals surface area contributed by atoms with E-state index in [2.05, 4.69) is 10.0 Å². The maximum atomic E-state index is 12.3. The molecule has 0 aliphatic rings. The van der Waals surface area contributed by atoms with Gasteiger partial charge in [-0.05, 0) is 37.1 Å². The minimum absolute atomic E-state index is 0.0589. The van der Waals surface area contributed by atoms with E-state index in [1.54, 1.807) is 0 Å². The van der Waals surface area contributed by atoms with Gasteiger partial charge in [0.15, 0.2) is 0 Å². The number of esters is 1. The Bertz CT molecular complexity index is 1020. The second kappa shape index (κ2) is 10.0. The molecule has 0 radical (unpaired) electrons. The SMILES string of the molecule is CNc1ccc(S(=O)(=O)NCC(=O)OCCOc2c(C)cccc2C)cc1[N+](=O)[O-]. The number of aryl methyl sites for hydroxylation is 2. The summed E-state index contributed by atoms with van der Waals surface area (Å²) >= 11 is 0. The average Bonchev–Trinajstić information content (AvgIpc) is 2.70. The van der Waals surface area contributed by atoms with E-state index in [1.165, 1.54) is 19.2 Å². The third kappa shape index (κ3) is 5.91. The van der Waals surface area contributed by atoms with Gasteiger partial charge < -0.3 is 14.8 Å². The standard InChI is InChI=1S/C19H23N3O7S/c1-13-5-4-6-14(2)19(13)29-10-9-28-18(23)12-21-30(26,27)15-7-8-16(20-3)17(11-15)22(24)25/h4-8,11,20-21H,9-10,12H2,1-3H3. The van der Waals surface area contributed by atoms with E-state index in [9.17, 15) is 23.3 Å². The highest BCUT2D eigenvalue weighted by molar-refractivity contribution is 7.89.